The van der Waals surface area contributed by atoms with Crippen molar-refractivity contribution in [1.82, 2.24) is 9.55 Å². The molecule has 0 atom stereocenters. The first-order valence-electron chi connectivity index (χ1n) is 5.09. The van der Waals surface area contributed by atoms with Crippen LogP contribution in [0.4, 0.5) is 13.2 Å². The Morgan fingerprint density at radius 2 is 1.85 bits per heavy atom. The quantitative estimate of drug-likeness (QED) is 0.786. The topological polar surface area (TPSA) is 54.9 Å². The highest BCUT2D eigenvalue weighted by Crippen LogP contribution is 2.35. The van der Waals surface area contributed by atoms with E-state index < -0.39 is 23.0 Å². The number of H-pyrrole nitrogens is 1. The number of benzene rings is 1. The van der Waals surface area contributed by atoms with Gasteiger partial charge in [0.1, 0.15) is 5.15 Å². The van der Waals surface area contributed by atoms with Gasteiger partial charge >= 0.3 is 11.9 Å². The maximum Gasteiger partial charge on any atom is 0.417 e. The predicted octanol–water partition coefficient (Wildman–Crippen LogP) is 2.96. The van der Waals surface area contributed by atoms with E-state index in [4.69, 9.17) is 11.6 Å². The molecule has 1 heterocycles. The third-order valence-electron chi connectivity index (χ3n) is 2.41. The molecule has 0 saturated heterocycles. The second-order valence-electron chi connectivity index (χ2n) is 3.76. The summed E-state index contributed by atoms with van der Waals surface area (Å²) < 4.78 is 38.7. The minimum absolute atomic E-state index is 0.188. The van der Waals surface area contributed by atoms with Gasteiger partial charge < -0.3 is 0 Å². The Labute approximate surface area is 122 Å². The molecule has 1 aromatic carbocycles. The average molecular weight is 370 g/mol. The number of alkyl halides is 3. The van der Waals surface area contributed by atoms with E-state index in [2.05, 4.69) is 20.9 Å². The highest BCUT2D eigenvalue weighted by molar-refractivity contribution is 9.10. The fourth-order valence-corrected chi connectivity index (χ4v) is 2.23. The summed E-state index contributed by atoms with van der Waals surface area (Å²) in [6.07, 6.45) is -4.61. The van der Waals surface area contributed by atoms with Crippen molar-refractivity contribution in [3.05, 3.63) is 60.3 Å². The van der Waals surface area contributed by atoms with Crippen LogP contribution in [0.1, 0.15) is 5.56 Å². The van der Waals surface area contributed by atoms with Gasteiger partial charge in [0.2, 0.25) is 0 Å². The molecule has 106 valence electrons. The molecule has 9 heteroatoms. The Hall–Kier alpha value is -1.54. The van der Waals surface area contributed by atoms with Crippen molar-refractivity contribution < 1.29 is 13.2 Å². The Kier molecular flexibility index (Phi) is 3.79. The van der Waals surface area contributed by atoms with E-state index in [1.807, 2.05) is 0 Å². The molecule has 2 aromatic rings. The van der Waals surface area contributed by atoms with Crippen LogP contribution < -0.4 is 11.2 Å². The fraction of sp³-hybridized carbons (Fsp3) is 0.0909. The van der Waals surface area contributed by atoms with Crippen molar-refractivity contribution in [2.45, 2.75) is 6.18 Å². The summed E-state index contributed by atoms with van der Waals surface area (Å²) >= 11 is 8.26. The van der Waals surface area contributed by atoms with Gasteiger partial charge in [-0.15, -0.1) is 0 Å². The molecule has 2 rings (SSSR count). The first-order chi connectivity index (χ1) is 9.20. The molecule has 20 heavy (non-hydrogen) atoms. The molecule has 0 saturated carbocycles. The zero-order valence-corrected chi connectivity index (χ0v) is 11.8. The maximum atomic E-state index is 12.8. The van der Waals surface area contributed by atoms with Gasteiger partial charge in [-0.3, -0.25) is 9.78 Å². The minimum Gasteiger partial charge on any atom is -0.297 e. The smallest absolute Gasteiger partial charge is 0.297 e. The van der Waals surface area contributed by atoms with Crippen LogP contribution in [-0.2, 0) is 6.18 Å². The van der Waals surface area contributed by atoms with Gasteiger partial charge in [0, 0.05) is 10.5 Å². The summed E-state index contributed by atoms with van der Waals surface area (Å²) in [5, 5.41) is -0.190. The SMILES string of the molecule is O=c1cc(Cl)[nH]c(=O)n1-c1ccc(Br)c(C(F)(F)F)c1. The van der Waals surface area contributed by atoms with Gasteiger partial charge in [0.25, 0.3) is 5.56 Å². The molecule has 0 unspecified atom stereocenters. The average Bonchev–Trinajstić information content (AvgIpc) is 2.28. The summed E-state index contributed by atoms with van der Waals surface area (Å²) in [4.78, 5) is 25.4. The Morgan fingerprint density at radius 1 is 1.20 bits per heavy atom. The number of halogens is 5. The van der Waals surface area contributed by atoms with Gasteiger partial charge in [0.05, 0.1) is 11.3 Å². The second kappa shape index (κ2) is 5.10. The second-order valence-corrected chi connectivity index (χ2v) is 5.02. The first kappa shape index (κ1) is 14.9. The highest BCUT2D eigenvalue weighted by Gasteiger charge is 2.33. The van der Waals surface area contributed by atoms with Crippen molar-refractivity contribution in [3.63, 3.8) is 0 Å². The standard InChI is InChI=1S/C11H5BrClF3N2O2/c12-7-2-1-5(3-6(7)11(14,15)16)18-9(19)4-8(13)17-10(18)20/h1-4H,(H,17,20). The van der Waals surface area contributed by atoms with Gasteiger partial charge in [-0.05, 0) is 18.2 Å². The largest absolute Gasteiger partial charge is 0.417 e. The molecule has 0 aliphatic carbocycles. The fourth-order valence-electron chi connectivity index (χ4n) is 1.58. The molecule has 1 N–H and O–H groups in total. The normalized spacial score (nSPS) is 11.7. The van der Waals surface area contributed by atoms with Crippen LogP contribution in [0, 0.1) is 0 Å². The lowest BCUT2D eigenvalue weighted by molar-refractivity contribution is -0.138. The molecular formula is C11H5BrClF3N2O2. The Balaban J connectivity index is 2.73. The van der Waals surface area contributed by atoms with Crippen LogP contribution >= 0.6 is 27.5 Å². The molecule has 0 aliphatic heterocycles. The summed E-state index contributed by atoms with van der Waals surface area (Å²) in [5.41, 5.74) is -2.94. The van der Waals surface area contributed by atoms with E-state index in [0.29, 0.717) is 10.6 Å². The van der Waals surface area contributed by atoms with Crippen LogP contribution in [0.25, 0.3) is 5.69 Å². The Morgan fingerprint density at radius 3 is 2.40 bits per heavy atom. The summed E-state index contributed by atoms with van der Waals surface area (Å²) in [6.45, 7) is 0. The monoisotopic (exact) mass is 368 g/mol. The number of nitrogens with zero attached hydrogens (tertiary/aromatic N) is 1. The predicted molar refractivity (Wildman–Crippen MR) is 70.4 cm³/mol. The number of hydrogen-bond donors (Lipinski definition) is 1. The van der Waals surface area contributed by atoms with Crippen LogP contribution in [0.2, 0.25) is 5.15 Å². The van der Waals surface area contributed by atoms with Crippen LogP contribution in [0.3, 0.4) is 0 Å². The highest BCUT2D eigenvalue weighted by atomic mass is 79.9. The van der Waals surface area contributed by atoms with Crippen molar-refractivity contribution in [3.8, 4) is 5.69 Å². The Bertz CT molecular complexity index is 751. The zero-order chi connectivity index (χ0) is 15.1. The van der Waals surface area contributed by atoms with Gasteiger partial charge in [-0.1, -0.05) is 27.5 Å². The molecule has 0 radical (unpaired) electrons. The molecular weight excluding hydrogens is 364 g/mol. The third-order valence-corrected chi connectivity index (χ3v) is 3.31. The lowest BCUT2D eigenvalue weighted by Crippen LogP contribution is -2.33. The van der Waals surface area contributed by atoms with Crippen LogP contribution in [0.5, 0.6) is 0 Å². The van der Waals surface area contributed by atoms with E-state index >= 15 is 0 Å². The molecule has 0 aliphatic rings. The number of hydrogen-bond acceptors (Lipinski definition) is 2. The summed E-state index contributed by atoms with van der Waals surface area (Å²) in [6, 6.07) is 3.93. The maximum absolute atomic E-state index is 12.8. The zero-order valence-electron chi connectivity index (χ0n) is 9.46. The van der Waals surface area contributed by atoms with Crippen molar-refractivity contribution in [1.29, 1.82) is 0 Å². The molecule has 0 fully saturated rings. The summed E-state index contributed by atoms with van der Waals surface area (Å²) in [5.74, 6) is 0. The van der Waals surface area contributed by atoms with E-state index in [0.717, 1.165) is 12.1 Å². The summed E-state index contributed by atoms with van der Waals surface area (Å²) in [7, 11) is 0. The van der Waals surface area contributed by atoms with Crippen molar-refractivity contribution in [2.75, 3.05) is 0 Å². The molecule has 0 bridgehead atoms. The van der Waals surface area contributed by atoms with Gasteiger partial charge in [0.15, 0.2) is 0 Å². The van der Waals surface area contributed by atoms with E-state index in [9.17, 15) is 22.8 Å². The minimum atomic E-state index is -4.61. The van der Waals surface area contributed by atoms with Crippen LogP contribution in [-0.4, -0.2) is 9.55 Å². The van der Waals surface area contributed by atoms with E-state index in [1.165, 1.54) is 6.07 Å². The van der Waals surface area contributed by atoms with Crippen LogP contribution in [0.15, 0.2) is 38.3 Å². The number of rotatable bonds is 1. The third kappa shape index (κ3) is 2.80. The molecule has 4 nitrogen and oxygen atoms in total. The number of nitrogens with one attached hydrogen (secondary N) is 1. The molecule has 0 spiro atoms. The van der Waals surface area contributed by atoms with E-state index in [1.54, 1.807) is 0 Å². The van der Waals surface area contributed by atoms with E-state index in [-0.39, 0.29) is 15.3 Å². The molecule has 0 amide bonds. The van der Waals surface area contributed by atoms with Crippen molar-refractivity contribution in [2.24, 2.45) is 0 Å². The van der Waals surface area contributed by atoms with Gasteiger partial charge in [-0.25, -0.2) is 9.36 Å². The lowest BCUT2D eigenvalue weighted by atomic mass is 10.2. The van der Waals surface area contributed by atoms with Crippen molar-refractivity contribution >= 4 is 27.5 Å². The number of aromatic nitrogens is 2. The van der Waals surface area contributed by atoms with Gasteiger partial charge in [-0.2, -0.15) is 13.2 Å². The number of aromatic amines is 1. The first-order valence-corrected chi connectivity index (χ1v) is 6.26. The lowest BCUT2D eigenvalue weighted by Gasteiger charge is -2.11. The molecule has 1 aromatic heterocycles.